The van der Waals surface area contributed by atoms with Crippen LogP contribution in [0.3, 0.4) is 0 Å². The van der Waals surface area contributed by atoms with Gasteiger partial charge in [0, 0.05) is 12.0 Å². The van der Waals surface area contributed by atoms with Crippen molar-refractivity contribution in [2.24, 2.45) is 0 Å². The summed E-state index contributed by atoms with van der Waals surface area (Å²) in [6, 6.07) is 18.1. The molecule has 3 aromatic carbocycles. The molecule has 3 N–H and O–H groups in total. The smallest absolute Gasteiger partial charge is 0.194 e. The summed E-state index contributed by atoms with van der Waals surface area (Å²) in [6.07, 6.45) is 3.92. The lowest BCUT2D eigenvalue weighted by Gasteiger charge is -2.06. The maximum atomic E-state index is 13.6. The fraction of sp³-hybridized carbons (Fsp3) is 0.0741. The van der Waals surface area contributed by atoms with Gasteiger partial charge in [0.05, 0.1) is 28.5 Å². The number of carbonyl (C=O) groups excluding carboxylic acids is 1. The van der Waals surface area contributed by atoms with Crippen LogP contribution in [0.1, 0.15) is 27.3 Å². The molecule has 166 valence electrons. The highest BCUT2D eigenvalue weighted by atomic mass is 19.1. The number of aromatic nitrogens is 4. The Balaban J connectivity index is 1.31. The highest BCUT2D eigenvalue weighted by Gasteiger charge is 2.24. The molecule has 0 unspecified atom stereocenters. The third kappa shape index (κ3) is 3.29. The van der Waals surface area contributed by atoms with Gasteiger partial charge in [0.25, 0.3) is 0 Å². The minimum absolute atomic E-state index is 0.147. The Morgan fingerprint density at radius 3 is 2.79 bits per heavy atom. The molecule has 0 radical (unpaired) electrons. The van der Waals surface area contributed by atoms with Gasteiger partial charge in [0.1, 0.15) is 17.5 Å². The summed E-state index contributed by atoms with van der Waals surface area (Å²) < 4.78 is 15.2. The first-order valence-corrected chi connectivity index (χ1v) is 10.9. The number of benzene rings is 3. The Kier molecular flexibility index (Phi) is 4.45. The molecule has 0 fully saturated rings. The Bertz CT molecular complexity index is 1640. The zero-order valence-electron chi connectivity index (χ0n) is 18.3. The van der Waals surface area contributed by atoms with Crippen LogP contribution in [-0.2, 0) is 6.42 Å². The lowest BCUT2D eigenvalue weighted by Crippen LogP contribution is -2.08. The van der Waals surface area contributed by atoms with Gasteiger partial charge in [-0.05, 0) is 71.7 Å². The van der Waals surface area contributed by atoms with Crippen LogP contribution >= 0.6 is 0 Å². The van der Waals surface area contributed by atoms with Crippen LogP contribution in [0.4, 0.5) is 10.2 Å². The number of rotatable bonds is 4. The first-order valence-electron chi connectivity index (χ1n) is 10.9. The molecule has 0 saturated carbocycles. The summed E-state index contributed by atoms with van der Waals surface area (Å²) in [4.78, 5) is 20.9. The summed E-state index contributed by atoms with van der Waals surface area (Å²) in [5.74, 6) is 0.687. The van der Waals surface area contributed by atoms with Crippen molar-refractivity contribution in [3.05, 3.63) is 101 Å². The van der Waals surface area contributed by atoms with E-state index in [9.17, 15) is 9.18 Å². The summed E-state index contributed by atoms with van der Waals surface area (Å²) in [5, 5.41) is 4.38. The Labute approximate surface area is 194 Å². The van der Waals surface area contributed by atoms with Gasteiger partial charge in [-0.2, -0.15) is 5.10 Å². The van der Waals surface area contributed by atoms with Gasteiger partial charge in [-0.15, -0.1) is 0 Å². The number of Topliss-reactive ketones (excluding diaryl/α,β-unsaturated/α-hetero) is 1. The number of ketones is 1. The van der Waals surface area contributed by atoms with Crippen LogP contribution in [0.15, 0.2) is 72.4 Å². The highest BCUT2D eigenvalue weighted by Crippen LogP contribution is 2.32. The average molecular weight is 449 g/mol. The molecule has 2 heterocycles. The summed E-state index contributed by atoms with van der Waals surface area (Å²) in [7, 11) is 0. The molecule has 1 aliphatic rings. The number of imidazole rings is 1. The molecule has 0 saturated heterocycles. The fourth-order valence-corrected chi connectivity index (χ4v) is 4.50. The number of nitrogens with zero attached hydrogens (tertiary/aromatic N) is 3. The van der Waals surface area contributed by atoms with Crippen molar-refractivity contribution in [3.8, 4) is 16.8 Å². The van der Waals surface area contributed by atoms with E-state index in [4.69, 9.17) is 5.73 Å². The van der Waals surface area contributed by atoms with Crippen molar-refractivity contribution >= 4 is 28.7 Å². The lowest BCUT2D eigenvalue weighted by molar-refractivity contribution is 0.103. The van der Waals surface area contributed by atoms with E-state index in [-0.39, 0.29) is 17.4 Å². The number of nitrogens with one attached hydrogen (secondary N) is 1. The molecule has 0 aliphatic heterocycles. The first-order chi connectivity index (χ1) is 16.5. The van der Waals surface area contributed by atoms with Crippen LogP contribution in [-0.4, -0.2) is 25.5 Å². The maximum Gasteiger partial charge on any atom is 0.194 e. The predicted octanol–water partition coefficient (Wildman–Crippen LogP) is 5.27. The molecular formula is C27H20FN5O. The van der Waals surface area contributed by atoms with Crippen molar-refractivity contribution in [3.63, 3.8) is 0 Å². The largest absolute Gasteiger partial charge is 0.383 e. The number of allylic oxidation sites excluding steroid dienone is 1. The number of carbonyl (C=O) groups is 1. The van der Waals surface area contributed by atoms with E-state index >= 15 is 0 Å². The molecule has 6 nitrogen and oxygen atoms in total. The zero-order chi connectivity index (χ0) is 23.4. The number of H-pyrrole nitrogens is 1. The van der Waals surface area contributed by atoms with E-state index in [1.807, 2.05) is 55.5 Å². The fourth-order valence-electron chi connectivity index (χ4n) is 4.50. The Morgan fingerprint density at radius 1 is 1.09 bits per heavy atom. The van der Waals surface area contributed by atoms with Crippen LogP contribution in [0.2, 0.25) is 0 Å². The summed E-state index contributed by atoms with van der Waals surface area (Å²) >= 11 is 0. The number of fused-ring (bicyclic) bond motifs is 2. The topological polar surface area (TPSA) is 89.6 Å². The van der Waals surface area contributed by atoms with E-state index < -0.39 is 0 Å². The molecule has 6 rings (SSSR count). The van der Waals surface area contributed by atoms with Crippen molar-refractivity contribution in [2.75, 3.05) is 5.73 Å². The Morgan fingerprint density at radius 2 is 1.94 bits per heavy atom. The standard InChI is InChI=1S/C27H20FN5O/c1-15-31-24-8-7-22(13-25(24)32-15)33-27(29)23(14-30-33)26(34)20-10-18-6-5-17(9-19(18)11-20)16-3-2-4-21(28)12-16/h2-9,11-14H,10,29H2,1H3,(H,31,32). The quantitative estimate of drug-likeness (QED) is 0.366. The first kappa shape index (κ1) is 20.1. The van der Waals surface area contributed by atoms with E-state index in [0.717, 1.165) is 44.8 Å². The number of anilines is 1. The van der Waals surface area contributed by atoms with Gasteiger partial charge >= 0.3 is 0 Å². The molecule has 7 heteroatoms. The average Bonchev–Trinajstić information content (AvgIpc) is 3.53. The Hall–Kier alpha value is -4.52. The van der Waals surface area contributed by atoms with E-state index in [1.165, 1.54) is 18.3 Å². The van der Waals surface area contributed by atoms with Crippen LogP contribution in [0, 0.1) is 12.7 Å². The molecule has 0 atom stereocenters. The second kappa shape index (κ2) is 7.52. The van der Waals surface area contributed by atoms with Crippen LogP contribution in [0.25, 0.3) is 33.9 Å². The van der Waals surface area contributed by atoms with Gasteiger partial charge in [-0.1, -0.05) is 24.3 Å². The number of nitrogens with two attached hydrogens (primary N) is 1. The van der Waals surface area contributed by atoms with Gasteiger partial charge < -0.3 is 10.7 Å². The van der Waals surface area contributed by atoms with Crippen LogP contribution in [0.5, 0.6) is 0 Å². The monoisotopic (exact) mass is 449 g/mol. The third-order valence-corrected chi connectivity index (χ3v) is 6.19. The van der Waals surface area contributed by atoms with Gasteiger partial charge in [0.2, 0.25) is 0 Å². The zero-order valence-corrected chi connectivity index (χ0v) is 18.3. The number of aryl methyl sites for hydroxylation is 1. The summed E-state index contributed by atoms with van der Waals surface area (Å²) in [6.45, 7) is 1.90. The molecule has 0 spiro atoms. The number of aromatic amines is 1. The SMILES string of the molecule is Cc1nc2ccc(-n3ncc(C(=O)C4=Cc5cc(-c6cccc(F)c6)ccc5C4)c3N)cc2[nH]1. The maximum absolute atomic E-state index is 13.6. The number of halogens is 1. The molecule has 5 aromatic rings. The predicted molar refractivity (Wildman–Crippen MR) is 130 cm³/mol. The van der Waals surface area contributed by atoms with Gasteiger partial charge in [-0.25, -0.2) is 14.1 Å². The van der Waals surface area contributed by atoms with Gasteiger partial charge in [0.15, 0.2) is 5.78 Å². The molecule has 1 aliphatic carbocycles. The van der Waals surface area contributed by atoms with Crippen molar-refractivity contribution in [1.29, 1.82) is 0 Å². The molecular weight excluding hydrogens is 429 g/mol. The van der Waals surface area contributed by atoms with E-state index in [2.05, 4.69) is 15.1 Å². The second-order valence-electron chi connectivity index (χ2n) is 8.48. The third-order valence-electron chi connectivity index (χ3n) is 6.19. The molecule has 2 aromatic heterocycles. The molecule has 0 amide bonds. The van der Waals surface area contributed by atoms with Crippen molar-refractivity contribution in [1.82, 2.24) is 19.7 Å². The molecule has 34 heavy (non-hydrogen) atoms. The van der Waals surface area contributed by atoms with E-state index in [1.54, 1.807) is 10.7 Å². The number of hydrogen-bond donors (Lipinski definition) is 2. The minimum atomic E-state index is -0.279. The lowest BCUT2D eigenvalue weighted by atomic mass is 10.00. The van der Waals surface area contributed by atoms with Crippen molar-refractivity contribution < 1.29 is 9.18 Å². The van der Waals surface area contributed by atoms with E-state index in [0.29, 0.717) is 17.6 Å². The van der Waals surface area contributed by atoms with Crippen molar-refractivity contribution in [2.45, 2.75) is 13.3 Å². The molecule has 0 bridgehead atoms. The number of nitrogen functional groups attached to an aromatic ring is 1. The summed E-state index contributed by atoms with van der Waals surface area (Å²) in [5.41, 5.74) is 13.6. The van der Waals surface area contributed by atoms with Crippen LogP contribution < -0.4 is 5.73 Å². The second-order valence-corrected chi connectivity index (χ2v) is 8.48. The number of hydrogen-bond acceptors (Lipinski definition) is 4. The van der Waals surface area contributed by atoms with Gasteiger partial charge in [-0.3, -0.25) is 4.79 Å². The minimum Gasteiger partial charge on any atom is -0.383 e. The normalized spacial score (nSPS) is 12.7. The highest BCUT2D eigenvalue weighted by molar-refractivity contribution is 6.15.